The first kappa shape index (κ1) is 14.5. The molecule has 0 radical (unpaired) electrons. The summed E-state index contributed by atoms with van der Waals surface area (Å²) in [6.07, 6.45) is 0. The van der Waals surface area contributed by atoms with Crippen LogP contribution in [0.25, 0.3) is 87.6 Å². The van der Waals surface area contributed by atoms with Crippen LogP contribution in [0.4, 0.5) is 0 Å². The summed E-state index contributed by atoms with van der Waals surface area (Å²) in [5, 5.41) is 1.90. The highest BCUT2D eigenvalue weighted by Gasteiger charge is 2.22. The summed E-state index contributed by atoms with van der Waals surface area (Å²) in [5.41, 5.74) is 1.66. The first-order valence-electron chi connectivity index (χ1n) is 20.2. The van der Waals surface area contributed by atoms with Crippen LogP contribution in [-0.4, -0.2) is 0 Å². The van der Waals surface area contributed by atoms with E-state index in [1.165, 1.54) is 0 Å². The van der Waals surface area contributed by atoms with Crippen molar-refractivity contribution < 1.29 is 22.2 Å². The van der Waals surface area contributed by atoms with E-state index in [4.69, 9.17) is 18.1 Å². The lowest BCUT2D eigenvalue weighted by Crippen LogP contribution is -1.92. The number of fused-ring (bicyclic) bond motifs is 6. The fourth-order valence-corrected chi connectivity index (χ4v) is 6.08. The molecule has 0 unspecified atom stereocenters. The Bertz CT molecular complexity index is 3160. The fourth-order valence-electron chi connectivity index (χ4n) is 6.08. The maximum absolute atomic E-state index is 9.92. The van der Waals surface area contributed by atoms with Crippen molar-refractivity contribution in [2.24, 2.45) is 0 Å². The molecule has 9 rings (SSSR count). The van der Waals surface area contributed by atoms with E-state index in [0.717, 1.165) is 0 Å². The number of rotatable bonds is 3. The second kappa shape index (κ2) is 9.44. The monoisotopic (exact) mass is 559 g/mol. The predicted octanol–water partition coefficient (Wildman–Crippen LogP) is 12.0. The second-order valence-electron chi connectivity index (χ2n) is 10.2. The van der Waals surface area contributed by atoms with E-state index in [-0.39, 0.29) is 61.5 Å². The normalized spacial score (nSPS) is 16.0. The quantitative estimate of drug-likeness (QED) is 0.196. The van der Waals surface area contributed by atoms with Gasteiger partial charge in [0, 0.05) is 10.8 Å². The van der Waals surface area contributed by atoms with Gasteiger partial charge in [-0.3, -0.25) is 0 Å². The Kier molecular flexibility index (Phi) is 3.18. The minimum absolute atomic E-state index is 0.0140. The van der Waals surface area contributed by atoms with Crippen LogP contribution in [0.5, 0.6) is 0 Å². The first-order chi connectivity index (χ1) is 26.8. The van der Waals surface area contributed by atoms with Crippen molar-refractivity contribution in [2.75, 3.05) is 0 Å². The third kappa shape index (κ3) is 3.65. The van der Waals surface area contributed by atoms with Crippen molar-refractivity contribution >= 4 is 54.3 Å². The van der Waals surface area contributed by atoms with Gasteiger partial charge < -0.3 is 4.42 Å². The summed E-state index contributed by atoms with van der Waals surface area (Å²) in [7, 11) is 0. The molecule has 0 atom stereocenters. The van der Waals surface area contributed by atoms with E-state index in [2.05, 4.69) is 0 Å². The molecule has 0 amide bonds. The summed E-state index contributed by atoms with van der Waals surface area (Å²) in [6, 6.07) is 17.5. The smallest absolute Gasteiger partial charge is 0.136 e. The SMILES string of the molecule is [2H]c1c([2H])c([2H])c2c(oc3c([2H])c(-c4ccccc4)c([2H])c(-c4c5ccccc5c(-c5c([2H])c([2H])c([2H])c6c([2H])c([2H])c([2H])c([2H])c56)c5ccccc45)c32)c1[2H]. The molecule has 1 nitrogen and oxygen atoms in total. The molecule has 8 aromatic carbocycles. The molecule has 0 aliphatic carbocycles. The number of furan rings is 1. The van der Waals surface area contributed by atoms with Crippen molar-refractivity contribution in [1.29, 1.82) is 0 Å². The molecule has 0 saturated heterocycles. The van der Waals surface area contributed by atoms with Crippen LogP contribution in [0, 0.1) is 0 Å². The average molecular weight is 560 g/mol. The van der Waals surface area contributed by atoms with E-state index in [1.54, 1.807) is 72.8 Å². The van der Waals surface area contributed by atoms with Gasteiger partial charge in [-0.1, -0.05) is 139 Å². The van der Waals surface area contributed by atoms with Crippen molar-refractivity contribution in [3.05, 3.63) is 157 Å². The predicted molar refractivity (Wildman–Crippen MR) is 183 cm³/mol. The number of hydrogen-bond donors (Lipinski definition) is 0. The standard InChI is InChI=1S/C42H26O/c1-2-13-27(14-3-1)29-25-37(42-36-22-10-11-24-38(36)43-39(42)26-29)41-34-20-8-6-18-32(34)40(33-19-7-9-21-35(33)41)31-23-12-16-28-15-4-5-17-30(28)31/h1-26H/i4D,5D,10D,11D,12D,15D,16D,17D,22D,23D,24D,25D,26D. The van der Waals surface area contributed by atoms with Crippen molar-refractivity contribution in [3.63, 3.8) is 0 Å². The van der Waals surface area contributed by atoms with E-state index in [1.807, 2.05) is 6.07 Å². The van der Waals surface area contributed by atoms with Gasteiger partial charge in [-0.25, -0.2) is 0 Å². The van der Waals surface area contributed by atoms with Crippen LogP contribution in [0.1, 0.15) is 17.8 Å². The highest BCUT2D eigenvalue weighted by molar-refractivity contribution is 6.27. The molecule has 0 bridgehead atoms. The van der Waals surface area contributed by atoms with Gasteiger partial charge in [-0.2, -0.15) is 0 Å². The van der Waals surface area contributed by atoms with Crippen LogP contribution in [0.3, 0.4) is 0 Å². The third-order valence-electron chi connectivity index (χ3n) is 7.88. The fraction of sp³-hybridized carbons (Fsp3) is 0. The van der Waals surface area contributed by atoms with E-state index in [0.29, 0.717) is 38.2 Å². The maximum Gasteiger partial charge on any atom is 0.136 e. The zero-order valence-corrected chi connectivity index (χ0v) is 22.4. The zero-order valence-electron chi connectivity index (χ0n) is 35.4. The van der Waals surface area contributed by atoms with Gasteiger partial charge in [-0.05, 0) is 83.8 Å². The largest absolute Gasteiger partial charge is 0.456 e. The lowest BCUT2D eigenvalue weighted by Gasteiger charge is -2.19. The number of hydrogen-bond acceptors (Lipinski definition) is 1. The van der Waals surface area contributed by atoms with Gasteiger partial charge in [0.1, 0.15) is 11.2 Å². The van der Waals surface area contributed by atoms with Gasteiger partial charge in [0.25, 0.3) is 0 Å². The van der Waals surface area contributed by atoms with Crippen LogP contribution in [-0.2, 0) is 0 Å². The molecule has 43 heavy (non-hydrogen) atoms. The van der Waals surface area contributed by atoms with Crippen LogP contribution < -0.4 is 0 Å². The molecule has 9 aromatic rings. The van der Waals surface area contributed by atoms with Crippen LogP contribution >= 0.6 is 0 Å². The highest BCUT2D eigenvalue weighted by Crippen LogP contribution is 2.48. The molecule has 0 aliphatic heterocycles. The minimum atomic E-state index is -0.562. The highest BCUT2D eigenvalue weighted by atomic mass is 16.3. The van der Waals surface area contributed by atoms with Crippen molar-refractivity contribution in [2.45, 2.75) is 0 Å². The Balaban J connectivity index is 1.57. The lowest BCUT2D eigenvalue weighted by molar-refractivity contribution is 0.669. The minimum Gasteiger partial charge on any atom is -0.456 e. The molecule has 1 heterocycles. The van der Waals surface area contributed by atoms with Crippen LogP contribution in [0.2, 0.25) is 0 Å². The lowest BCUT2D eigenvalue weighted by atomic mass is 9.83. The van der Waals surface area contributed by atoms with E-state index in [9.17, 15) is 4.11 Å². The van der Waals surface area contributed by atoms with Crippen molar-refractivity contribution in [3.8, 4) is 33.4 Å². The van der Waals surface area contributed by atoms with Gasteiger partial charge in [0.05, 0.1) is 17.8 Å². The van der Waals surface area contributed by atoms with Gasteiger partial charge in [0.15, 0.2) is 0 Å². The molecule has 0 saturated carbocycles. The Hall–Kier alpha value is -5.66. The maximum atomic E-state index is 9.92. The summed E-state index contributed by atoms with van der Waals surface area (Å²) >= 11 is 0. The topological polar surface area (TPSA) is 13.1 Å². The Labute approximate surface area is 267 Å². The summed E-state index contributed by atoms with van der Waals surface area (Å²) in [6.45, 7) is 0. The Morgan fingerprint density at radius 2 is 1.00 bits per heavy atom. The van der Waals surface area contributed by atoms with Gasteiger partial charge in [0.2, 0.25) is 0 Å². The number of para-hydroxylation sites is 1. The summed E-state index contributed by atoms with van der Waals surface area (Å²) in [4.78, 5) is 0. The molecular weight excluding hydrogens is 520 g/mol. The molecule has 200 valence electrons. The molecule has 0 aliphatic rings. The molecule has 0 fully saturated rings. The molecule has 0 spiro atoms. The Morgan fingerprint density at radius 3 is 1.72 bits per heavy atom. The summed E-state index contributed by atoms with van der Waals surface area (Å²) in [5.74, 6) is 0. The average Bonchev–Trinajstić information content (AvgIpc) is 3.61. The van der Waals surface area contributed by atoms with Gasteiger partial charge >= 0.3 is 0 Å². The molecular formula is C42H26O. The van der Waals surface area contributed by atoms with Gasteiger partial charge in [-0.15, -0.1) is 0 Å². The zero-order chi connectivity index (χ0) is 39.6. The van der Waals surface area contributed by atoms with Crippen LogP contribution in [0.15, 0.2) is 162 Å². The number of benzene rings is 8. The second-order valence-corrected chi connectivity index (χ2v) is 10.2. The third-order valence-corrected chi connectivity index (χ3v) is 7.88. The van der Waals surface area contributed by atoms with Crippen molar-refractivity contribution in [1.82, 2.24) is 0 Å². The Morgan fingerprint density at radius 1 is 0.419 bits per heavy atom. The van der Waals surface area contributed by atoms with E-state index < -0.39 is 66.5 Å². The molecule has 1 heteroatoms. The molecule has 1 aromatic heterocycles. The first-order valence-corrected chi connectivity index (χ1v) is 13.7. The molecule has 0 N–H and O–H groups in total. The summed E-state index contributed by atoms with van der Waals surface area (Å²) < 4.78 is 122. The van der Waals surface area contributed by atoms with E-state index >= 15 is 0 Å².